The van der Waals surface area contributed by atoms with Crippen LogP contribution >= 0.6 is 0 Å². The first-order valence-corrected chi connectivity index (χ1v) is 7.34. The molecule has 2 rings (SSSR count). The van der Waals surface area contributed by atoms with Crippen molar-refractivity contribution in [2.75, 3.05) is 13.1 Å². The first-order chi connectivity index (χ1) is 8.00. The topological polar surface area (TPSA) is 37.4 Å². The van der Waals surface area contributed by atoms with Gasteiger partial charge < -0.3 is 0 Å². The van der Waals surface area contributed by atoms with Gasteiger partial charge in [-0.2, -0.15) is 4.31 Å². The van der Waals surface area contributed by atoms with Gasteiger partial charge in [-0.3, -0.25) is 0 Å². The van der Waals surface area contributed by atoms with Crippen molar-refractivity contribution < 1.29 is 8.42 Å². The van der Waals surface area contributed by atoms with Gasteiger partial charge in [0.1, 0.15) is 0 Å². The molecule has 1 fully saturated rings. The maximum atomic E-state index is 12.3. The summed E-state index contributed by atoms with van der Waals surface area (Å²) in [7, 11) is -3.32. The van der Waals surface area contributed by atoms with E-state index in [0.717, 1.165) is 18.4 Å². The van der Waals surface area contributed by atoms with Gasteiger partial charge in [-0.05, 0) is 44.7 Å². The Kier molecular flexibility index (Phi) is 3.54. The fourth-order valence-corrected chi connectivity index (χ4v) is 3.66. The van der Waals surface area contributed by atoms with E-state index in [1.165, 1.54) is 0 Å². The molecule has 1 unspecified atom stereocenters. The zero-order valence-corrected chi connectivity index (χ0v) is 10.9. The minimum Gasteiger partial charge on any atom is -0.207 e. The molecule has 1 heterocycles. The van der Waals surface area contributed by atoms with Gasteiger partial charge in [-0.15, -0.1) is 0 Å². The SMILES string of the molecule is [CH2]C1CCCN(S(=O)(=O)c2ccc(C)cc2)C1. The van der Waals surface area contributed by atoms with Crippen molar-refractivity contribution in [1.29, 1.82) is 0 Å². The van der Waals surface area contributed by atoms with Gasteiger partial charge in [0, 0.05) is 13.1 Å². The van der Waals surface area contributed by atoms with E-state index in [0.29, 0.717) is 18.0 Å². The minimum absolute atomic E-state index is 0.212. The van der Waals surface area contributed by atoms with Gasteiger partial charge in [-0.1, -0.05) is 17.7 Å². The van der Waals surface area contributed by atoms with Crippen LogP contribution in [0.5, 0.6) is 0 Å². The average molecular weight is 252 g/mol. The molecule has 0 bridgehead atoms. The lowest BCUT2D eigenvalue weighted by atomic mass is 10.0. The van der Waals surface area contributed by atoms with Crippen LogP contribution in [-0.4, -0.2) is 25.8 Å². The molecule has 4 heteroatoms. The number of aryl methyl sites for hydroxylation is 1. The van der Waals surface area contributed by atoms with E-state index in [2.05, 4.69) is 6.92 Å². The predicted octanol–water partition coefficient (Wildman–Crippen LogP) is 2.23. The lowest BCUT2D eigenvalue weighted by Crippen LogP contribution is -2.39. The molecular formula is C13H18NO2S. The first-order valence-electron chi connectivity index (χ1n) is 5.90. The highest BCUT2D eigenvalue weighted by molar-refractivity contribution is 7.89. The average Bonchev–Trinajstić information content (AvgIpc) is 2.29. The maximum absolute atomic E-state index is 12.3. The van der Waals surface area contributed by atoms with Crippen molar-refractivity contribution in [3.05, 3.63) is 36.8 Å². The summed E-state index contributed by atoms with van der Waals surface area (Å²) in [6.45, 7) is 7.06. The molecule has 0 amide bonds. The van der Waals surface area contributed by atoms with Crippen molar-refractivity contribution in [3.8, 4) is 0 Å². The Bertz CT molecular complexity index is 479. The second kappa shape index (κ2) is 4.78. The molecule has 1 saturated heterocycles. The molecule has 1 aromatic rings. The van der Waals surface area contributed by atoms with Crippen molar-refractivity contribution in [2.24, 2.45) is 5.92 Å². The Balaban J connectivity index is 2.26. The van der Waals surface area contributed by atoms with Crippen LogP contribution in [0.1, 0.15) is 18.4 Å². The fraction of sp³-hybridized carbons (Fsp3) is 0.462. The molecule has 0 saturated carbocycles. The van der Waals surface area contributed by atoms with Gasteiger partial charge in [0.15, 0.2) is 0 Å². The third-order valence-corrected chi connectivity index (χ3v) is 5.02. The number of hydrogen-bond donors (Lipinski definition) is 0. The summed E-state index contributed by atoms with van der Waals surface area (Å²) in [5.41, 5.74) is 1.07. The maximum Gasteiger partial charge on any atom is 0.243 e. The van der Waals surface area contributed by atoms with Crippen molar-refractivity contribution in [2.45, 2.75) is 24.7 Å². The highest BCUT2D eigenvalue weighted by Crippen LogP contribution is 2.23. The van der Waals surface area contributed by atoms with Crippen LogP contribution in [-0.2, 0) is 10.0 Å². The van der Waals surface area contributed by atoms with Crippen LogP contribution in [0.4, 0.5) is 0 Å². The van der Waals surface area contributed by atoms with Crippen LogP contribution in [0.15, 0.2) is 29.2 Å². The van der Waals surface area contributed by atoms with E-state index < -0.39 is 10.0 Å². The van der Waals surface area contributed by atoms with Gasteiger partial charge >= 0.3 is 0 Å². The standard InChI is InChI=1S/C13H18NO2S/c1-11-5-7-13(8-6-11)17(15,16)14-9-3-4-12(2)10-14/h5-8,12H,2-4,9-10H2,1H3. The van der Waals surface area contributed by atoms with Crippen LogP contribution in [0.25, 0.3) is 0 Å². The molecule has 3 nitrogen and oxygen atoms in total. The van der Waals surface area contributed by atoms with Crippen molar-refractivity contribution in [1.82, 2.24) is 4.31 Å². The number of piperidine rings is 1. The Hall–Kier alpha value is -0.870. The Morgan fingerprint density at radius 3 is 2.53 bits per heavy atom. The smallest absolute Gasteiger partial charge is 0.207 e. The summed E-state index contributed by atoms with van der Waals surface area (Å²) in [6, 6.07) is 7.02. The van der Waals surface area contributed by atoms with Crippen LogP contribution < -0.4 is 0 Å². The largest absolute Gasteiger partial charge is 0.243 e. The zero-order valence-electron chi connectivity index (χ0n) is 10.1. The molecule has 1 aromatic carbocycles. The first kappa shape index (κ1) is 12.6. The molecule has 1 radical (unpaired) electrons. The number of rotatable bonds is 2. The molecule has 0 aromatic heterocycles. The van der Waals surface area contributed by atoms with Gasteiger partial charge in [0.25, 0.3) is 0 Å². The van der Waals surface area contributed by atoms with E-state index in [1.807, 2.05) is 19.1 Å². The van der Waals surface area contributed by atoms with Crippen molar-refractivity contribution >= 4 is 10.0 Å². The highest BCUT2D eigenvalue weighted by atomic mass is 32.2. The van der Waals surface area contributed by atoms with Crippen LogP contribution in [0.2, 0.25) is 0 Å². The molecule has 1 aliphatic heterocycles. The third-order valence-electron chi connectivity index (χ3n) is 3.14. The molecule has 0 spiro atoms. The molecule has 0 N–H and O–H groups in total. The summed E-state index contributed by atoms with van der Waals surface area (Å²) in [6.07, 6.45) is 1.92. The summed E-state index contributed by atoms with van der Waals surface area (Å²) < 4.78 is 26.2. The normalized spacial score (nSPS) is 22.6. The Morgan fingerprint density at radius 2 is 1.94 bits per heavy atom. The van der Waals surface area contributed by atoms with E-state index in [4.69, 9.17) is 0 Å². The summed E-state index contributed by atoms with van der Waals surface area (Å²) in [5, 5.41) is 0. The third kappa shape index (κ3) is 2.69. The second-order valence-corrected chi connectivity index (χ2v) is 6.62. The van der Waals surface area contributed by atoms with Crippen LogP contribution in [0.3, 0.4) is 0 Å². The minimum atomic E-state index is -3.32. The molecular weight excluding hydrogens is 234 g/mol. The van der Waals surface area contributed by atoms with Gasteiger partial charge in [0.2, 0.25) is 10.0 Å². The molecule has 0 aliphatic carbocycles. The summed E-state index contributed by atoms with van der Waals surface area (Å²) in [4.78, 5) is 0.386. The van der Waals surface area contributed by atoms with Gasteiger partial charge in [0.05, 0.1) is 4.90 Å². The number of benzene rings is 1. The zero-order chi connectivity index (χ0) is 12.5. The predicted molar refractivity (Wildman–Crippen MR) is 68.0 cm³/mol. The number of sulfonamides is 1. The summed E-state index contributed by atoms with van der Waals surface area (Å²) >= 11 is 0. The fourth-order valence-electron chi connectivity index (χ4n) is 2.10. The van der Waals surface area contributed by atoms with E-state index in [9.17, 15) is 8.42 Å². The van der Waals surface area contributed by atoms with E-state index in [1.54, 1.807) is 16.4 Å². The molecule has 1 atom stereocenters. The second-order valence-electron chi connectivity index (χ2n) is 4.68. The quantitative estimate of drug-likeness (QED) is 0.809. The number of hydrogen-bond acceptors (Lipinski definition) is 2. The van der Waals surface area contributed by atoms with E-state index in [-0.39, 0.29) is 5.92 Å². The van der Waals surface area contributed by atoms with Crippen molar-refractivity contribution in [3.63, 3.8) is 0 Å². The van der Waals surface area contributed by atoms with Gasteiger partial charge in [-0.25, -0.2) is 8.42 Å². The molecule has 93 valence electrons. The molecule has 17 heavy (non-hydrogen) atoms. The van der Waals surface area contributed by atoms with E-state index >= 15 is 0 Å². The summed E-state index contributed by atoms with van der Waals surface area (Å²) in [5.74, 6) is 0.212. The number of nitrogens with zero attached hydrogens (tertiary/aromatic N) is 1. The molecule has 1 aliphatic rings. The lowest BCUT2D eigenvalue weighted by Gasteiger charge is -2.29. The highest BCUT2D eigenvalue weighted by Gasteiger charge is 2.28. The Labute approximate surface area is 104 Å². The van der Waals surface area contributed by atoms with Crippen LogP contribution in [0, 0.1) is 19.8 Å². The Morgan fingerprint density at radius 1 is 1.29 bits per heavy atom. The monoisotopic (exact) mass is 252 g/mol. The lowest BCUT2D eigenvalue weighted by molar-refractivity contribution is 0.299.